The number of anilines is 2. The Bertz CT molecular complexity index is 1270. The van der Waals surface area contributed by atoms with Crippen molar-refractivity contribution >= 4 is 28.4 Å². The molecule has 0 bridgehead atoms. The maximum absolute atomic E-state index is 12.3. The first kappa shape index (κ1) is 17.5. The molecule has 7 nitrogen and oxygen atoms in total. The van der Waals surface area contributed by atoms with E-state index in [2.05, 4.69) is 37.3 Å². The maximum Gasteiger partial charge on any atom is 0.268 e. The first-order valence-corrected chi connectivity index (χ1v) is 9.69. The number of nitrogens with one attached hydrogen (secondary N) is 3. The van der Waals surface area contributed by atoms with Gasteiger partial charge >= 0.3 is 0 Å². The van der Waals surface area contributed by atoms with Crippen LogP contribution in [0.2, 0.25) is 0 Å². The van der Waals surface area contributed by atoms with E-state index < -0.39 is 0 Å². The smallest absolute Gasteiger partial charge is 0.268 e. The number of rotatable bonds is 3. The zero-order valence-electron chi connectivity index (χ0n) is 16.6. The highest BCUT2D eigenvalue weighted by atomic mass is 16.2. The van der Waals surface area contributed by atoms with E-state index in [9.17, 15) is 4.79 Å². The van der Waals surface area contributed by atoms with Crippen molar-refractivity contribution in [2.75, 3.05) is 11.9 Å². The maximum atomic E-state index is 12.3. The summed E-state index contributed by atoms with van der Waals surface area (Å²) in [5.74, 6) is 0.507. The minimum absolute atomic E-state index is 0.0226. The first-order valence-electron chi connectivity index (χ1n) is 9.69. The van der Waals surface area contributed by atoms with Crippen LogP contribution in [0.15, 0.2) is 36.5 Å². The molecule has 4 heterocycles. The van der Waals surface area contributed by atoms with E-state index in [0.29, 0.717) is 12.5 Å². The van der Waals surface area contributed by atoms with Crippen LogP contribution in [0.1, 0.15) is 27.4 Å². The fourth-order valence-electron chi connectivity index (χ4n) is 4.25. The number of amides is 1. The van der Waals surface area contributed by atoms with Gasteiger partial charge in [-0.3, -0.25) is 4.79 Å². The number of H-pyrrole nitrogens is 1. The molecule has 3 N–H and O–H groups in total. The number of hydrogen-bond acceptors (Lipinski definition) is 4. The van der Waals surface area contributed by atoms with Crippen molar-refractivity contribution < 1.29 is 4.79 Å². The SMILES string of the molecule is Cc1cc2cc(Nc3nccc(-c4c(C)c5n(c4C)CCNC5=O)n3)ccc2[nH]1. The Hall–Kier alpha value is -3.61. The van der Waals surface area contributed by atoms with Crippen molar-refractivity contribution in [3.8, 4) is 11.3 Å². The number of hydrogen-bond donors (Lipinski definition) is 3. The third kappa shape index (κ3) is 2.86. The Balaban J connectivity index is 1.52. The van der Waals surface area contributed by atoms with E-state index >= 15 is 0 Å². The van der Waals surface area contributed by atoms with Gasteiger partial charge in [-0.2, -0.15) is 0 Å². The number of fused-ring (bicyclic) bond motifs is 2. The third-order valence-corrected chi connectivity index (χ3v) is 5.53. The molecule has 5 rings (SSSR count). The molecule has 0 fully saturated rings. The van der Waals surface area contributed by atoms with Crippen molar-refractivity contribution in [3.63, 3.8) is 0 Å². The lowest BCUT2D eigenvalue weighted by Crippen LogP contribution is -2.35. The highest BCUT2D eigenvalue weighted by molar-refractivity contribution is 5.97. The summed E-state index contributed by atoms with van der Waals surface area (Å²) in [4.78, 5) is 24.8. The molecule has 0 saturated heterocycles. The number of carbonyl (C=O) groups is 1. The fourth-order valence-corrected chi connectivity index (χ4v) is 4.25. The molecule has 3 aromatic heterocycles. The monoisotopic (exact) mass is 386 g/mol. The molecule has 0 radical (unpaired) electrons. The second-order valence-corrected chi connectivity index (χ2v) is 7.49. The quantitative estimate of drug-likeness (QED) is 0.499. The molecule has 1 amide bonds. The van der Waals surface area contributed by atoms with Crippen molar-refractivity contribution in [3.05, 3.63) is 59.2 Å². The van der Waals surface area contributed by atoms with Crippen LogP contribution in [0.4, 0.5) is 11.6 Å². The van der Waals surface area contributed by atoms with Crippen molar-refractivity contribution in [1.29, 1.82) is 0 Å². The van der Waals surface area contributed by atoms with E-state index in [4.69, 9.17) is 4.98 Å². The van der Waals surface area contributed by atoms with Gasteiger partial charge in [-0.1, -0.05) is 0 Å². The number of aromatic nitrogens is 4. The molecule has 0 atom stereocenters. The highest BCUT2D eigenvalue weighted by Crippen LogP contribution is 2.32. The van der Waals surface area contributed by atoms with E-state index in [1.807, 2.05) is 39.0 Å². The van der Waals surface area contributed by atoms with Gasteiger partial charge in [-0.25, -0.2) is 9.97 Å². The van der Waals surface area contributed by atoms with Gasteiger partial charge in [0.25, 0.3) is 5.91 Å². The molecule has 4 aromatic rings. The average Bonchev–Trinajstić information content (AvgIpc) is 3.19. The Morgan fingerprint density at radius 3 is 2.83 bits per heavy atom. The van der Waals surface area contributed by atoms with Crippen LogP contribution < -0.4 is 10.6 Å². The molecule has 1 aromatic carbocycles. The number of benzene rings is 1. The zero-order chi connectivity index (χ0) is 20.1. The molecular weight excluding hydrogens is 364 g/mol. The summed E-state index contributed by atoms with van der Waals surface area (Å²) in [6.45, 7) is 7.50. The van der Waals surface area contributed by atoms with Crippen LogP contribution in [0.25, 0.3) is 22.2 Å². The van der Waals surface area contributed by atoms with Crippen LogP contribution >= 0.6 is 0 Å². The highest BCUT2D eigenvalue weighted by Gasteiger charge is 2.26. The number of aromatic amines is 1. The number of carbonyl (C=O) groups excluding carboxylic acids is 1. The van der Waals surface area contributed by atoms with Gasteiger partial charge in [-0.05, 0) is 56.7 Å². The normalized spacial score (nSPS) is 13.4. The van der Waals surface area contributed by atoms with E-state index in [1.54, 1.807) is 6.20 Å². The summed E-state index contributed by atoms with van der Waals surface area (Å²) < 4.78 is 2.08. The van der Waals surface area contributed by atoms with Crippen LogP contribution in [0.3, 0.4) is 0 Å². The molecule has 29 heavy (non-hydrogen) atoms. The van der Waals surface area contributed by atoms with E-state index in [0.717, 1.165) is 57.0 Å². The first-order chi connectivity index (χ1) is 14.0. The second kappa shape index (κ2) is 6.48. The summed E-state index contributed by atoms with van der Waals surface area (Å²) in [5, 5.41) is 7.37. The molecule has 0 saturated carbocycles. The lowest BCUT2D eigenvalue weighted by atomic mass is 10.1. The van der Waals surface area contributed by atoms with Gasteiger partial charge in [-0.15, -0.1) is 0 Å². The van der Waals surface area contributed by atoms with Gasteiger partial charge in [0.1, 0.15) is 5.69 Å². The Kier molecular flexibility index (Phi) is 3.91. The standard InChI is InChI=1S/C22H22N6O/c1-12-10-15-11-16(4-5-17(15)25-12)26-22-24-7-6-18(27-22)19-13(2)20-21(29)23-8-9-28(20)14(19)3/h4-7,10-11,25H,8-9H2,1-3H3,(H,23,29)(H,24,26,27). The molecule has 0 spiro atoms. The number of nitrogens with zero attached hydrogens (tertiary/aromatic N) is 3. The van der Waals surface area contributed by atoms with E-state index in [1.165, 1.54) is 0 Å². The van der Waals surface area contributed by atoms with Crippen molar-refractivity contribution in [2.24, 2.45) is 0 Å². The van der Waals surface area contributed by atoms with Gasteiger partial charge in [0.15, 0.2) is 0 Å². The molecular formula is C22H22N6O. The minimum atomic E-state index is -0.0226. The summed E-state index contributed by atoms with van der Waals surface area (Å²) in [6, 6.07) is 10.1. The van der Waals surface area contributed by atoms with Crippen LogP contribution in [-0.2, 0) is 6.54 Å². The van der Waals surface area contributed by atoms with Gasteiger partial charge in [0.2, 0.25) is 5.95 Å². The Morgan fingerprint density at radius 1 is 1.14 bits per heavy atom. The summed E-state index contributed by atoms with van der Waals surface area (Å²) in [7, 11) is 0. The lowest BCUT2D eigenvalue weighted by Gasteiger charge is -2.17. The van der Waals surface area contributed by atoms with Gasteiger partial charge < -0.3 is 20.2 Å². The molecule has 146 valence electrons. The van der Waals surface area contributed by atoms with Crippen LogP contribution in [0.5, 0.6) is 0 Å². The second-order valence-electron chi connectivity index (χ2n) is 7.49. The molecule has 7 heteroatoms. The summed E-state index contributed by atoms with van der Waals surface area (Å²) in [6.07, 6.45) is 1.75. The fraction of sp³-hybridized carbons (Fsp3) is 0.227. The largest absolute Gasteiger partial charge is 0.359 e. The average molecular weight is 386 g/mol. The molecule has 0 aliphatic carbocycles. The Labute approximate surface area is 168 Å². The molecule has 0 unspecified atom stereocenters. The summed E-state index contributed by atoms with van der Waals surface area (Å²) >= 11 is 0. The van der Waals surface area contributed by atoms with Crippen LogP contribution in [0, 0.1) is 20.8 Å². The molecule has 1 aliphatic rings. The van der Waals surface area contributed by atoms with Crippen molar-refractivity contribution in [2.45, 2.75) is 27.3 Å². The van der Waals surface area contributed by atoms with Crippen LogP contribution in [-0.4, -0.2) is 32.0 Å². The van der Waals surface area contributed by atoms with Crippen molar-refractivity contribution in [1.82, 2.24) is 24.8 Å². The number of aryl methyl sites for hydroxylation is 1. The topological polar surface area (TPSA) is 87.6 Å². The zero-order valence-corrected chi connectivity index (χ0v) is 16.6. The predicted octanol–water partition coefficient (Wildman–Crippen LogP) is 3.84. The Morgan fingerprint density at radius 2 is 2.00 bits per heavy atom. The third-order valence-electron chi connectivity index (χ3n) is 5.53. The van der Waals surface area contributed by atoms with E-state index in [-0.39, 0.29) is 5.91 Å². The summed E-state index contributed by atoms with van der Waals surface area (Å²) in [5.41, 5.74) is 7.71. The van der Waals surface area contributed by atoms with Gasteiger partial charge in [0, 0.05) is 52.8 Å². The molecule has 1 aliphatic heterocycles. The predicted molar refractivity (Wildman–Crippen MR) is 114 cm³/mol. The van der Waals surface area contributed by atoms with Gasteiger partial charge in [0.05, 0.1) is 5.69 Å². The minimum Gasteiger partial charge on any atom is -0.359 e. The lowest BCUT2D eigenvalue weighted by molar-refractivity contribution is 0.0926.